The van der Waals surface area contributed by atoms with Crippen molar-refractivity contribution in [3.63, 3.8) is 0 Å². The normalized spacial score (nSPS) is 17.4. The summed E-state index contributed by atoms with van der Waals surface area (Å²) in [5.41, 5.74) is 10.9. The van der Waals surface area contributed by atoms with Crippen molar-refractivity contribution in [2.75, 3.05) is 5.73 Å². The van der Waals surface area contributed by atoms with E-state index in [1.54, 1.807) is 0 Å². The van der Waals surface area contributed by atoms with Gasteiger partial charge in [-0.1, -0.05) is 19.3 Å². The highest BCUT2D eigenvalue weighted by molar-refractivity contribution is 5.82. The van der Waals surface area contributed by atoms with Crippen LogP contribution in [0.25, 0.3) is 11.1 Å². The first kappa shape index (κ1) is 11.6. The van der Waals surface area contributed by atoms with Crippen LogP contribution in [0.15, 0.2) is 10.5 Å². The van der Waals surface area contributed by atoms with Crippen molar-refractivity contribution in [1.29, 1.82) is 0 Å². The first-order chi connectivity index (χ1) is 8.66. The minimum Gasteiger partial charge on any atom is -0.440 e. The minimum atomic E-state index is 0.507. The summed E-state index contributed by atoms with van der Waals surface area (Å²) in [5, 5.41) is 0. The number of benzene rings is 1. The molecule has 2 N–H and O–H groups in total. The summed E-state index contributed by atoms with van der Waals surface area (Å²) in [6.45, 7) is 4.09. The van der Waals surface area contributed by atoms with Crippen LogP contribution in [0.5, 0.6) is 0 Å². The lowest BCUT2D eigenvalue weighted by Crippen LogP contribution is -2.04. The van der Waals surface area contributed by atoms with E-state index in [0.29, 0.717) is 5.92 Å². The molecule has 96 valence electrons. The largest absolute Gasteiger partial charge is 0.440 e. The van der Waals surface area contributed by atoms with E-state index in [9.17, 15) is 0 Å². The molecule has 2 aromatic rings. The van der Waals surface area contributed by atoms with Gasteiger partial charge in [0.15, 0.2) is 11.5 Å². The Bertz CT molecular complexity index is 580. The molecule has 1 fully saturated rings. The van der Waals surface area contributed by atoms with Gasteiger partial charge in [0, 0.05) is 11.6 Å². The molecule has 3 rings (SSSR count). The van der Waals surface area contributed by atoms with Crippen LogP contribution in [0.4, 0.5) is 5.69 Å². The fraction of sp³-hybridized carbons (Fsp3) is 0.533. The van der Waals surface area contributed by atoms with Crippen LogP contribution >= 0.6 is 0 Å². The molecular weight excluding hydrogens is 224 g/mol. The number of aryl methyl sites for hydroxylation is 1. The lowest BCUT2D eigenvalue weighted by molar-refractivity contribution is 0.373. The van der Waals surface area contributed by atoms with Crippen molar-refractivity contribution in [3.05, 3.63) is 23.1 Å². The summed E-state index contributed by atoms with van der Waals surface area (Å²) in [4.78, 5) is 4.65. The number of nitrogen functional groups attached to an aromatic ring is 1. The molecule has 1 aromatic heterocycles. The van der Waals surface area contributed by atoms with E-state index in [4.69, 9.17) is 10.2 Å². The van der Waals surface area contributed by atoms with E-state index in [0.717, 1.165) is 33.8 Å². The molecule has 18 heavy (non-hydrogen) atoms. The van der Waals surface area contributed by atoms with Gasteiger partial charge in [-0.15, -0.1) is 0 Å². The summed E-state index contributed by atoms with van der Waals surface area (Å²) >= 11 is 0. The van der Waals surface area contributed by atoms with Crippen LogP contribution < -0.4 is 5.73 Å². The summed E-state index contributed by atoms with van der Waals surface area (Å²) < 4.78 is 6.01. The predicted molar refractivity (Wildman–Crippen MR) is 73.7 cm³/mol. The summed E-state index contributed by atoms with van der Waals surface area (Å²) in [5.74, 6) is 1.42. The van der Waals surface area contributed by atoms with Gasteiger partial charge < -0.3 is 10.2 Å². The number of aromatic nitrogens is 1. The Morgan fingerprint density at radius 1 is 1.17 bits per heavy atom. The van der Waals surface area contributed by atoms with Crippen LogP contribution in [-0.4, -0.2) is 4.98 Å². The van der Waals surface area contributed by atoms with Crippen LogP contribution in [0.2, 0.25) is 0 Å². The molecule has 0 amide bonds. The number of nitrogens with two attached hydrogens (primary N) is 1. The van der Waals surface area contributed by atoms with E-state index in [-0.39, 0.29) is 0 Å². The maximum absolute atomic E-state index is 6.01. The molecule has 1 aliphatic carbocycles. The molecule has 3 nitrogen and oxygen atoms in total. The molecule has 0 saturated heterocycles. The number of hydrogen-bond acceptors (Lipinski definition) is 3. The lowest BCUT2D eigenvalue weighted by Gasteiger charge is -2.17. The van der Waals surface area contributed by atoms with Gasteiger partial charge in [-0.25, -0.2) is 4.98 Å². The number of nitrogens with zero attached hydrogens (tertiary/aromatic N) is 1. The number of anilines is 1. The third-order valence-electron chi connectivity index (χ3n) is 4.25. The van der Waals surface area contributed by atoms with Crippen LogP contribution in [-0.2, 0) is 0 Å². The van der Waals surface area contributed by atoms with Crippen LogP contribution in [0.1, 0.15) is 55.0 Å². The van der Waals surface area contributed by atoms with E-state index < -0.39 is 0 Å². The predicted octanol–water partition coefficient (Wildman–Crippen LogP) is 4.07. The molecule has 3 heteroatoms. The average Bonchev–Trinajstić information content (AvgIpc) is 2.81. The highest BCUT2D eigenvalue weighted by Crippen LogP contribution is 2.35. The Morgan fingerprint density at radius 3 is 2.61 bits per heavy atom. The van der Waals surface area contributed by atoms with Crippen molar-refractivity contribution < 1.29 is 4.42 Å². The Hall–Kier alpha value is -1.51. The average molecular weight is 244 g/mol. The quantitative estimate of drug-likeness (QED) is 0.769. The van der Waals surface area contributed by atoms with Crippen molar-refractivity contribution in [3.8, 4) is 0 Å². The van der Waals surface area contributed by atoms with Crippen molar-refractivity contribution in [1.82, 2.24) is 4.98 Å². The molecule has 0 aliphatic heterocycles. The van der Waals surface area contributed by atoms with Gasteiger partial charge in [-0.2, -0.15) is 0 Å². The Kier molecular flexibility index (Phi) is 2.77. The molecule has 0 bridgehead atoms. The van der Waals surface area contributed by atoms with E-state index in [1.807, 2.05) is 13.0 Å². The molecule has 1 aromatic carbocycles. The number of rotatable bonds is 1. The van der Waals surface area contributed by atoms with Gasteiger partial charge in [-0.3, -0.25) is 0 Å². The minimum absolute atomic E-state index is 0.507. The van der Waals surface area contributed by atoms with Crippen LogP contribution in [0.3, 0.4) is 0 Å². The Morgan fingerprint density at radius 2 is 1.89 bits per heavy atom. The first-order valence-corrected chi connectivity index (χ1v) is 6.83. The van der Waals surface area contributed by atoms with Gasteiger partial charge in [0.05, 0.1) is 0 Å². The second kappa shape index (κ2) is 4.30. The fourth-order valence-electron chi connectivity index (χ4n) is 2.88. The molecular formula is C15H20N2O. The first-order valence-electron chi connectivity index (χ1n) is 6.83. The molecule has 0 spiro atoms. The van der Waals surface area contributed by atoms with Gasteiger partial charge in [-0.05, 0) is 43.9 Å². The third-order valence-corrected chi connectivity index (χ3v) is 4.25. The van der Waals surface area contributed by atoms with Gasteiger partial charge in [0.2, 0.25) is 0 Å². The number of hydrogen-bond donors (Lipinski definition) is 1. The zero-order valence-electron chi connectivity index (χ0n) is 11.1. The van der Waals surface area contributed by atoms with E-state index in [1.165, 1.54) is 32.1 Å². The van der Waals surface area contributed by atoms with Gasteiger partial charge in [0.1, 0.15) is 5.52 Å². The molecule has 1 saturated carbocycles. The highest BCUT2D eigenvalue weighted by atomic mass is 16.3. The number of fused-ring (bicyclic) bond motifs is 1. The summed E-state index contributed by atoms with van der Waals surface area (Å²) in [7, 11) is 0. The van der Waals surface area contributed by atoms with Crippen molar-refractivity contribution in [2.45, 2.75) is 51.9 Å². The SMILES string of the molecule is Cc1c(N)cc2nc(C3CCCCC3)oc2c1C. The van der Waals surface area contributed by atoms with Crippen LogP contribution in [0, 0.1) is 13.8 Å². The van der Waals surface area contributed by atoms with E-state index >= 15 is 0 Å². The molecule has 0 unspecified atom stereocenters. The van der Waals surface area contributed by atoms with Gasteiger partial charge in [0.25, 0.3) is 0 Å². The summed E-state index contributed by atoms with van der Waals surface area (Å²) in [6.07, 6.45) is 6.36. The second-order valence-electron chi connectivity index (χ2n) is 5.45. The molecule has 0 atom stereocenters. The fourth-order valence-corrected chi connectivity index (χ4v) is 2.88. The zero-order valence-corrected chi connectivity index (χ0v) is 11.1. The maximum atomic E-state index is 6.01. The molecule has 1 aliphatic rings. The highest BCUT2D eigenvalue weighted by Gasteiger charge is 2.22. The summed E-state index contributed by atoms with van der Waals surface area (Å²) in [6, 6.07) is 1.94. The topological polar surface area (TPSA) is 52.0 Å². The molecule has 0 radical (unpaired) electrons. The zero-order chi connectivity index (χ0) is 12.7. The standard InChI is InChI=1S/C15H20N2O/c1-9-10(2)14-13(8-12(9)16)17-15(18-14)11-6-4-3-5-7-11/h8,11H,3-7,16H2,1-2H3. The smallest absolute Gasteiger partial charge is 0.198 e. The van der Waals surface area contributed by atoms with Crippen molar-refractivity contribution >= 4 is 16.8 Å². The van der Waals surface area contributed by atoms with Gasteiger partial charge >= 0.3 is 0 Å². The monoisotopic (exact) mass is 244 g/mol. The lowest BCUT2D eigenvalue weighted by atomic mass is 9.89. The van der Waals surface area contributed by atoms with E-state index in [2.05, 4.69) is 11.9 Å². The Balaban J connectivity index is 2.07. The third kappa shape index (κ3) is 1.78. The number of oxazole rings is 1. The Labute approximate surface area is 107 Å². The second-order valence-corrected chi connectivity index (χ2v) is 5.45. The molecule has 1 heterocycles. The maximum Gasteiger partial charge on any atom is 0.198 e. The van der Waals surface area contributed by atoms with Crippen molar-refractivity contribution in [2.24, 2.45) is 0 Å².